The Kier molecular flexibility index (Phi) is 4.66. The van der Waals surface area contributed by atoms with Crippen molar-refractivity contribution in [2.24, 2.45) is 5.73 Å². The van der Waals surface area contributed by atoms with Crippen LogP contribution in [-0.4, -0.2) is 73.7 Å². The molecule has 0 aromatic heterocycles. The van der Waals surface area contributed by atoms with E-state index in [1.165, 1.54) is 9.21 Å². The number of rotatable bonds is 5. The van der Waals surface area contributed by atoms with Crippen molar-refractivity contribution in [3.8, 4) is 0 Å². The number of sulfonamides is 1. The van der Waals surface area contributed by atoms with Gasteiger partial charge in [-0.25, -0.2) is 8.42 Å². The van der Waals surface area contributed by atoms with Crippen LogP contribution in [-0.2, 0) is 14.8 Å². The first-order chi connectivity index (χ1) is 7.49. The van der Waals surface area contributed by atoms with Crippen LogP contribution in [0.4, 0.5) is 0 Å². The van der Waals surface area contributed by atoms with Crippen molar-refractivity contribution in [2.75, 3.05) is 38.5 Å². The third-order valence-corrected chi connectivity index (χ3v) is 4.45. The van der Waals surface area contributed by atoms with E-state index in [2.05, 4.69) is 0 Å². The van der Waals surface area contributed by atoms with Gasteiger partial charge in [0.25, 0.3) is 0 Å². The zero-order valence-corrected chi connectivity index (χ0v) is 9.77. The van der Waals surface area contributed by atoms with E-state index in [0.29, 0.717) is 19.5 Å². The van der Waals surface area contributed by atoms with Crippen molar-refractivity contribution in [1.82, 2.24) is 9.21 Å². The predicted octanol–water partition coefficient (Wildman–Crippen LogP) is -2.59. The summed E-state index contributed by atoms with van der Waals surface area (Å²) in [6.07, 6.45) is -0.326. The highest BCUT2D eigenvalue weighted by Crippen LogP contribution is 2.07. The topological polar surface area (TPSA) is 104 Å². The van der Waals surface area contributed by atoms with E-state index in [0.717, 1.165) is 0 Å². The lowest BCUT2D eigenvalue weighted by molar-refractivity contribution is -0.119. The minimum atomic E-state index is -3.47. The lowest BCUT2D eigenvalue weighted by Crippen LogP contribution is -2.50. The molecule has 1 aliphatic rings. The number of hydrogen-bond acceptors (Lipinski definition) is 5. The molecule has 0 aliphatic carbocycles. The van der Waals surface area contributed by atoms with E-state index in [4.69, 9.17) is 5.73 Å². The van der Waals surface area contributed by atoms with Crippen molar-refractivity contribution in [3.05, 3.63) is 0 Å². The molecule has 0 radical (unpaired) electrons. The van der Waals surface area contributed by atoms with Gasteiger partial charge < -0.3 is 15.7 Å². The highest BCUT2D eigenvalue weighted by Gasteiger charge is 2.27. The molecule has 1 amide bonds. The third-order valence-electron chi connectivity index (χ3n) is 2.49. The summed E-state index contributed by atoms with van der Waals surface area (Å²) in [4.78, 5) is 12.0. The average molecular weight is 251 g/mol. The molecule has 0 saturated carbocycles. The number of aliphatic hydroxyl groups excluding tert-OH is 1. The molecule has 1 aliphatic heterocycles. The van der Waals surface area contributed by atoms with Crippen LogP contribution < -0.4 is 5.73 Å². The SMILES string of the molecule is NCC(O)CS(=O)(=O)N1CCN(C=O)CC1. The van der Waals surface area contributed by atoms with Gasteiger partial charge in [0, 0.05) is 32.7 Å². The number of nitrogens with two attached hydrogens (primary N) is 1. The molecule has 8 heteroatoms. The first-order valence-corrected chi connectivity index (χ1v) is 6.66. The Labute approximate surface area is 94.9 Å². The van der Waals surface area contributed by atoms with Crippen LogP contribution in [0.15, 0.2) is 0 Å². The van der Waals surface area contributed by atoms with Gasteiger partial charge in [0.1, 0.15) is 0 Å². The molecular formula is C8H17N3O4S. The number of hydrogen-bond donors (Lipinski definition) is 2. The summed E-state index contributed by atoms with van der Waals surface area (Å²) >= 11 is 0. The fourth-order valence-electron chi connectivity index (χ4n) is 1.50. The van der Waals surface area contributed by atoms with Crippen LogP contribution >= 0.6 is 0 Å². The molecule has 0 bridgehead atoms. The summed E-state index contributed by atoms with van der Waals surface area (Å²) in [7, 11) is -3.47. The maximum atomic E-state index is 11.8. The number of piperazine rings is 1. The molecule has 1 unspecified atom stereocenters. The molecule has 1 rings (SSSR count). The zero-order chi connectivity index (χ0) is 12.2. The van der Waals surface area contributed by atoms with Crippen molar-refractivity contribution in [3.63, 3.8) is 0 Å². The molecular weight excluding hydrogens is 234 g/mol. The number of aliphatic hydroxyl groups is 1. The van der Waals surface area contributed by atoms with Gasteiger partial charge in [-0.3, -0.25) is 4.79 Å². The van der Waals surface area contributed by atoms with E-state index in [-0.39, 0.29) is 25.4 Å². The second-order valence-electron chi connectivity index (χ2n) is 3.71. The molecule has 94 valence electrons. The second-order valence-corrected chi connectivity index (χ2v) is 5.72. The number of carbonyl (C=O) groups excluding carboxylic acids is 1. The highest BCUT2D eigenvalue weighted by molar-refractivity contribution is 7.89. The Bertz CT molecular complexity index is 324. The fraction of sp³-hybridized carbons (Fsp3) is 0.875. The summed E-state index contributed by atoms with van der Waals surface area (Å²) < 4.78 is 24.8. The quantitative estimate of drug-likeness (QED) is 0.522. The smallest absolute Gasteiger partial charge is 0.216 e. The summed E-state index contributed by atoms with van der Waals surface area (Å²) in [6, 6.07) is 0. The van der Waals surface area contributed by atoms with Crippen LogP contribution in [0.2, 0.25) is 0 Å². The Morgan fingerprint density at radius 1 is 1.31 bits per heavy atom. The lowest BCUT2D eigenvalue weighted by atomic mass is 10.4. The Balaban J connectivity index is 2.54. The molecule has 1 saturated heterocycles. The number of carbonyl (C=O) groups is 1. The molecule has 1 atom stereocenters. The van der Waals surface area contributed by atoms with Gasteiger partial charge in [-0.15, -0.1) is 0 Å². The normalized spacial score (nSPS) is 20.8. The van der Waals surface area contributed by atoms with E-state index in [9.17, 15) is 18.3 Å². The average Bonchev–Trinajstić information content (AvgIpc) is 2.28. The van der Waals surface area contributed by atoms with Gasteiger partial charge in [0.15, 0.2) is 0 Å². The molecule has 1 fully saturated rings. The Hall–Kier alpha value is -0.700. The van der Waals surface area contributed by atoms with Crippen molar-refractivity contribution >= 4 is 16.4 Å². The summed E-state index contributed by atoms with van der Waals surface area (Å²) in [5.41, 5.74) is 5.16. The second kappa shape index (κ2) is 5.58. The fourth-order valence-corrected chi connectivity index (χ4v) is 3.06. The minimum Gasteiger partial charge on any atom is -0.391 e. The van der Waals surface area contributed by atoms with Gasteiger partial charge in [0.2, 0.25) is 16.4 Å². The van der Waals surface area contributed by atoms with Crippen LogP contribution in [0.5, 0.6) is 0 Å². The number of nitrogens with zero attached hydrogens (tertiary/aromatic N) is 2. The maximum Gasteiger partial charge on any atom is 0.216 e. The molecule has 0 aromatic carbocycles. The predicted molar refractivity (Wildman–Crippen MR) is 58.1 cm³/mol. The molecule has 7 nitrogen and oxygen atoms in total. The zero-order valence-electron chi connectivity index (χ0n) is 8.95. The van der Waals surface area contributed by atoms with E-state index in [1.54, 1.807) is 0 Å². The highest BCUT2D eigenvalue weighted by atomic mass is 32.2. The largest absolute Gasteiger partial charge is 0.391 e. The third kappa shape index (κ3) is 3.41. The van der Waals surface area contributed by atoms with Crippen LogP contribution in [0.1, 0.15) is 0 Å². The van der Waals surface area contributed by atoms with E-state index >= 15 is 0 Å². The standard InChI is InChI=1S/C8H17N3O4S/c9-5-8(13)6-16(14,15)11-3-1-10(7-12)2-4-11/h7-8,13H,1-6,9H2. The lowest BCUT2D eigenvalue weighted by Gasteiger charge is -2.32. The van der Waals surface area contributed by atoms with Gasteiger partial charge in [-0.1, -0.05) is 0 Å². The van der Waals surface area contributed by atoms with Crippen molar-refractivity contribution in [2.45, 2.75) is 6.10 Å². The monoisotopic (exact) mass is 251 g/mol. The van der Waals surface area contributed by atoms with Gasteiger partial charge in [-0.05, 0) is 0 Å². The number of amides is 1. The van der Waals surface area contributed by atoms with Crippen molar-refractivity contribution in [1.29, 1.82) is 0 Å². The van der Waals surface area contributed by atoms with Gasteiger partial charge in [0.05, 0.1) is 11.9 Å². The molecule has 16 heavy (non-hydrogen) atoms. The minimum absolute atomic E-state index is 0.0759. The Morgan fingerprint density at radius 3 is 2.31 bits per heavy atom. The van der Waals surface area contributed by atoms with Crippen LogP contribution in [0.3, 0.4) is 0 Å². The first kappa shape index (κ1) is 13.4. The summed E-state index contributed by atoms with van der Waals surface area (Å²) in [6.45, 7) is 1.26. The van der Waals surface area contributed by atoms with Crippen LogP contribution in [0.25, 0.3) is 0 Å². The van der Waals surface area contributed by atoms with Crippen LogP contribution in [0, 0.1) is 0 Å². The molecule has 1 heterocycles. The Morgan fingerprint density at radius 2 is 1.88 bits per heavy atom. The summed E-state index contributed by atoms with van der Waals surface area (Å²) in [5.74, 6) is -0.357. The molecule has 3 N–H and O–H groups in total. The molecule has 0 aromatic rings. The van der Waals surface area contributed by atoms with Crippen molar-refractivity contribution < 1.29 is 18.3 Å². The van der Waals surface area contributed by atoms with Gasteiger partial charge >= 0.3 is 0 Å². The van der Waals surface area contributed by atoms with E-state index in [1.807, 2.05) is 0 Å². The first-order valence-electron chi connectivity index (χ1n) is 5.05. The summed E-state index contributed by atoms with van der Waals surface area (Å²) in [5, 5.41) is 9.22. The maximum absolute atomic E-state index is 11.8. The molecule has 0 spiro atoms. The van der Waals surface area contributed by atoms with Gasteiger partial charge in [-0.2, -0.15) is 4.31 Å². The van der Waals surface area contributed by atoms with E-state index < -0.39 is 16.1 Å².